The van der Waals surface area contributed by atoms with Crippen LogP contribution in [0.25, 0.3) is 0 Å². The fourth-order valence-corrected chi connectivity index (χ4v) is 1.25. The molecule has 2 heteroatoms. The van der Waals surface area contributed by atoms with Crippen LogP contribution < -0.4 is 0 Å². The van der Waals surface area contributed by atoms with Crippen molar-refractivity contribution in [1.29, 1.82) is 0 Å². The monoisotopic (exact) mass is 140 g/mol. The predicted molar refractivity (Wildman–Crippen MR) is 38.7 cm³/mol. The first kappa shape index (κ1) is 7.32. The molecule has 1 aliphatic carbocycles. The second-order valence-electron chi connectivity index (χ2n) is 2.93. The Morgan fingerprint density at radius 3 is 2.90 bits per heavy atom. The summed E-state index contributed by atoms with van der Waals surface area (Å²) in [6.07, 6.45) is 3.27. The van der Waals surface area contributed by atoms with Gasteiger partial charge in [0, 0.05) is 12.0 Å². The molecule has 1 unspecified atom stereocenters. The predicted octanol–water partition coefficient (Wildman–Crippen LogP) is 1.82. The van der Waals surface area contributed by atoms with E-state index in [1.165, 1.54) is 0 Å². The molecule has 2 nitrogen and oxygen atoms in total. The van der Waals surface area contributed by atoms with Gasteiger partial charge in [-0.25, -0.2) is 0 Å². The van der Waals surface area contributed by atoms with Gasteiger partial charge in [-0.3, -0.25) is 4.79 Å². The summed E-state index contributed by atoms with van der Waals surface area (Å²) in [6.45, 7) is 2.09. The Hall–Kier alpha value is -0.790. The summed E-state index contributed by atoms with van der Waals surface area (Å²) in [5.41, 5.74) is 0.596. The SMILES string of the molecule is CC1CCC(=O)/C(=C\O)C1. The summed E-state index contributed by atoms with van der Waals surface area (Å²) in [5, 5.41) is 8.60. The van der Waals surface area contributed by atoms with E-state index >= 15 is 0 Å². The molecule has 0 saturated heterocycles. The van der Waals surface area contributed by atoms with E-state index < -0.39 is 0 Å². The first-order valence-electron chi connectivity index (χ1n) is 3.60. The third-order valence-electron chi connectivity index (χ3n) is 1.95. The lowest BCUT2D eigenvalue weighted by Crippen LogP contribution is -2.14. The van der Waals surface area contributed by atoms with Crippen LogP contribution in [0.5, 0.6) is 0 Å². The Labute approximate surface area is 60.6 Å². The number of hydrogen-bond acceptors (Lipinski definition) is 2. The molecule has 1 fully saturated rings. The number of ketones is 1. The number of hydrogen-bond donors (Lipinski definition) is 1. The zero-order valence-electron chi connectivity index (χ0n) is 6.13. The van der Waals surface area contributed by atoms with Crippen LogP contribution in [-0.4, -0.2) is 10.9 Å². The van der Waals surface area contributed by atoms with Crippen LogP contribution >= 0.6 is 0 Å². The molecule has 1 N–H and O–H groups in total. The molecule has 1 atom stereocenters. The number of carbonyl (C=O) groups is 1. The molecule has 0 bridgehead atoms. The molecule has 1 rings (SSSR count). The van der Waals surface area contributed by atoms with E-state index in [9.17, 15) is 4.79 Å². The number of Topliss-reactive ketones (excluding diaryl/α,β-unsaturated/α-hetero) is 1. The van der Waals surface area contributed by atoms with E-state index in [2.05, 4.69) is 6.92 Å². The van der Waals surface area contributed by atoms with Gasteiger partial charge in [-0.05, 0) is 18.8 Å². The molecule has 0 aromatic carbocycles. The molecule has 0 radical (unpaired) electrons. The van der Waals surface area contributed by atoms with Crippen molar-refractivity contribution < 1.29 is 9.90 Å². The van der Waals surface area contributed by atoms with Gasteiger partial charge in [-0.2, -0.15) is 0 Å². The average Bonchev–Trinajstić information content (AvgIpc) is 1.94. The van der Waals surface area contributed by atoms with Crippen molar-refractivity contribution in [2.45, 2.75) is 26.2 Å². The molecular weight excluding hydrogens is 128 g/mol. The number of aliphatic hydroxyl groups is 1. The van der Waals surface area contributed by atoms with Crippen LogP contribution in [0.3, 0.4) is 0 Å². The van der Waals surface area contributed by atoms with Crippen LogP contribution in [0.2, 0.25) is 0 Å². The Bertz CT molecular complexity index is 170. The highest BCUT2D eigenvalue weighted by Gasteiger charge is 2.19. The fourth-order valence-electron chi connectivity index (χ4n) is 1.25. The van der Waals surface area contributed by atoms with Gasteiger partial charge in [-0.1, -0.05) is 6.92 Å². The number of rotatable bonds is 0. The van der Waals surface area contributed by atoms with E-state index in [-0.39, 0.29) is 5.78 Å². The molecule has 1 saturated carbocycles. The van der Waals surface area contributed by atoms with Crippen LogP contribution in [0.4, 0.5) is 0 Å². The Balaban J connectivity index is 2.63. The van der Waals surface area contributed by atoms with Gasteiger partial charge in [0.15, 0.2) is 5.78 Å². The van der Waals surface area contributed by atoms with Crippen LogP contribution in [0.1, 0.15) is 26.2 Å². The second kappa shape index (κ2) is 2.86. The summed E-state index contributed by atoms with van der Waals surface area (Å²) in [6, 6.07) is 0. The molecule has 10 heavy (non-hydrogen) atoms. The van der Waals surface area contributed by atoms with Gasteiger partial charge < -0.3 is 5.11 Å². The van der Waals surface area contributed by atoms with Gasteiger partial charge in [0.25, 0.3) is 0 Å². The molecular formula is C8H12O2. The fraction of sp³-hybridized carbons (Fsp3) is 0.625. The van der Waals surface area contributed by atoms with Crippen molar-refractivity contribution in [1.82, 2.24) is 0 Å². The Morgan fingerprint density at radius 1 is 1.70 bits per heavy atom. The lowest BCUT2D eigenvalue weighted by Gasteiger charge is -2.17. The molecule has 1 aliphatic rings. The summed E-state index contributed by atoms with van der Waals surface area (Å²) in [7, 11) is 0. The van der Waals surface area contributed by atoms with Crippen molar-refractivity contribution in [2.75, 3.05) is 0 Å². The molecule has 0 aliphatic heterocycles. The zero-order chi connectivity index (χ0) is 7.56. The standard InChI is InChI=1S/C8H12O2/c1-6-2-3-8(10)7(4-6)5-9/h5-6,9H,2-4H2,1H3/b7-5-. The highest BCUT2D eigenvalue weighted by Crippen LogP contribution is 2.24. The minimum absolute atomic E-state index is 0.112. The summed E-state index contributed by atoms with van der Waals surface area (Å²) < 4.78 is 0. The van der Waals surface area contributed by atoms with E-state index in [1.807, 2.05) is 0 Å². The van der Waals surface area contributed by atoms with Crippen molar-refractivity contribution in [3.8, 4) is 0 Å². The number of allylic oxidation sites excluding steroid dienone is 1. The third-order valence-corrected chi connectivity index (χ3v) is 1.95. The van der Waals surface area contributed by atoms with Crippen LogP contribution in [0.15, 0.2) is 11.8 Å². The van der Waals surface area contributed by atoms with Crippen molar-refractivity contribution in [3.05, 3.63) is 11.8 Å². The minimum Gasteiger partial charge on any atom is -0.515 e. The van der Waals surface area contributed by atoms with Crippen molar-refractivity contribution in [3.63, 3.8) is 0 Å². The summed E-state index contributed by atoms with van der Waals surface area (Å²) >= 11 is 0. The number of aliphatic hydroxyl groups excluding tert-OH is 1. The Kier molecular flexibility index (Phi) is 2.10. The van der Waals surface area contributed by atoms with E-state index in [0.717, 1.165) is 19.1 Å². The van der Waals surface area contributed by atoms with E-state index in [1.54, 1.807) is 0 Å². The van der Waals surface area contributed by atoms with Crippen molar-refractivity contribution >= 4 is 5.78 Å². The maximum absolute atomic E-state index is 10.9. The molecule has 0 spiro atoms. The molecule has 0 aromatic rings. The van der Waals surface area contributed by atoms with Crippen molar-refractivity contribution in [2.24, 2.45) is 5.92 Å². The summed E-state index contributed by atoms with van der Waals surface area (Å²) in [4.78, 5) is 10.9. The Morgan fingerprint density at radius 2 is 2.40 bits per heavy atom. The first-order chi connectivity index (χ1) is 4.74. The lowest BCUT2D eigenvalue weighted by molar-refractivity contribution is -0.117. The van der Waals surface area contributed by atoms with Crippen LogP contribution in [-0.2, 0) is 4.79 Å². The molecule has 0 heterocycles. The van der Waals surface area contributed by atoms with Crippen LogP contribution in [0, 0.1) is 5.92 Å². The first-order valence-corrected chi connectivity index (χ1v) is 3.60. The van der Waals surface area contributed by atoms with Gasteiger partial charge >= 0.3 is 0 Å². The lowest BCUT2D eigenvalue weighted by atomic mass is 9.86. The molecule has 56 valence electrons. The number of carbonyl (C=O) groups excluding carboxylic acids is 1. The summed E-state index contributed by atoms with van der Waals surface area (Å²) in [5.74, 6) is 0.664. The molecule has 0 aromatic heterocycles. The van der Waals surface area contributed by atoms with E-state index in [4.69, 9.17) is 5.11 Å². The average molecular weight is 140 g/mol. The normalized spacial score (nSPS) is 31.1. The smallest absolute Gasteiger partial charge is 0.161 e. The van der Waals surface area contributed by atoms with Gasteiger partial charge in [0.1, 0.15) is 0 Å². The van der Waals surface area contributed by atoms with Gasteiger partial charge in [0.05, 0.1) is 6.26 Å². The maximum atomic E-state index is 10.9. The highest BCUT2D eigenvalue weighted by molar-refractivity contribution is 5.95. The quantitative estimate of drug-likeness (QED) is 0.411. The topological polar surface area (TPSA) is 37.3 Å². The van der Waals surface area contributed by atoms with Gasteiger partial charge in [-0.15, -0.1) is 0 Å². The van der Waals surface area contributed by atoms with E-state index in [0.29, 0.717) is 17.9 Å². The second-order valence-corrected chi connectivity index (χ2v) is 2.93. The molecule has 0 amide bonds. The van der Waals surface area contributed by atoms with Gasteiger partial charge in [0.2, 0.25) is 0 Å². The largest absolute Gasteiger partial charge is 0.515 e. The highest BCUT2D eigenvalue weighted by atomic mass is 16.2. The minimum atomic E-state index is 0.112. The third kappa shape index (κ3) is 1.38. The maximum Gasteiger partial charge on any atom is 0.161 e. The zero-order valence-corrected chi connectivity index (χ0v) is 6.13.